The first-order chi connectivity index (χ1) is 9.47. The summed E-state index contributed by atoms with van der Waals surface area (Å²) in [5.74, 6) is 0.596. The molecule has 0 aliphatic heterocycles. The van der Waals surface area contributed by atoms with Gasteiger partial charge in [0, 0.05) is 24.3 Å². The lowest BCUT2D eigenvalue weighted by atomic mass is 10.2. The number of nitrogens with zero attached hydrogens (tertiary/aromatic N) is 4. The maximum absolute atomic E-state index is 12.0. The monoisotopic (exact) mass is 273 g/mol. The van der Waals surface area contributed by atoms with Crippen molar-refractivity contribution in [2.75, 3.05) is 12.8 Å². The second kappa shape index (κ2) is 5.73. The van der Waals surface area contributed by atoms with Crippen LogP contribution in [0.2, 0.25) is 0 Å². The van der Waals surface area contributed by atoms with Gasteiger partial charge in [-0.25, -0.2) is 9.67 Å². The van der Waals surface area contributed by atoms with Crippen molar-refractivity contribution in [1.82, 2.24) is 19.7 Å². The van der Waals surface area contributed by atoms with Crippen LogP contribution >= 0.6 is 0 Å². The van der Waals surface area contributed by atoms with Crippen molar-refractivity contribution < 1.29 is 4.79 Å². The highest BCUT2D eigenvalue weighted by molar-refractivity contribution is 5.75. The molecule has 20 heavy (non-hydrogen) atoms. The number of carbonyl (C=O) groups is 1. The molecule has 1 heterocycles. The molecule has 2 rings (SSSR count). The molecule has 0 spiro atoms. The number of likely N-dealkylation sites (N-methyl/N-ethyl adjacent to an activating group) is 1. The molecule has 2 N–H and O–H groups in total. The maximum atomic E-state index is 12.0. The van der Waals surface area contributed by atoms with Gasteiger partial charge in [0.25, 0.3) is 0 Å². The first-order valence-electron chi connectivity index (χ1n) is 6.48. The Morgan fingerprint density at radius 3 is 2.60 bits per heavy atom. The third-order valence-electron chi connectivity index (χ3n) is 3.17. The van der Waals surface area contributed by atoms with Crippen molar-refractivity contribution in [3.05, 3.63) is 30.6 Å². The van der Waals surface area contributed by atoms with E-state index in [-0.39, 0.29) is 18.5 Å². The third-order valence-corrected chi connectivity index (χ3v) is 3.17. The van der Waals surface area contributed by atoms with Gasteiger partial charge >= 0.3 is 0 Å². The summed E-state index contributed by atoms with van der Waals surface area (Å²) in [5, 5.41) is 4.31. The maximum Gasteiger partial charge on any atom is 0.244 e. The fraction of sp³-hybridized carbons (Fsp3) is 0.357. The molecular weight excluding hydrogens is 254 g/mol. The van der Waals surface area contributed by atoms with Crippen LogP contribution in [-0.2, 0) is 11.3 Å². The number of benzene rings is 1. The number of anilines is 1. The van der Waals surface area contributed by atoms with Crippen molar-refractivity contribution in [2.24, 2.45) is 0 Å². The van der Waals surface area contributed by atoms with E-state index in [0.29, 0.717) is 11.5 Å². The van der Waals surface area contributed by atoms with Crippen LogP contribution in [0, 0.1) is 0 Å². The number of hydrogen-bond donors (Lipinski definition) is 1. The van der Waals surface area contributed by atoms with Gasteiger partial charge in [0.05, 0.1) is 0 Å². The summed E-state index contributed by atoms with van der Waals surface area (Å²) in [6.45, 7) is 4.13. The molecule has 1 aromatic heterocycles. The van der Waals surface area contributed by atoms with Crippen LogP contribution in [0.5, 0.6) is 0 Å². The summed E-state index contributed by atoms with van der Waals surface area (Å²) in [6.07, 6.45) is 1.57. The fourth-order valence-corrected chi connectivity index (χ4v) is 1.67. The molecule has 1 amide bonds. The normalized spacial score (nSPS) is 10.8. The molecule has 2 aromatic rings. The Kier molecular flexibility index (Phi) is 4.02. The number of aromatic nitrogens is 3. The van der Waals surface area contributed by atoms with Crippen molar-refractivity contribution in [1.29, 1.82) is 0 Å². The van der Waals surface area contributed by atoms with Gasteiger partial charge in [-0.2, -0.15) is 5.10 Å². The van der Waals surface area contributed by atoms with E-state index in [2.05, 4.69) is 10.1 Å². The van der Waals surface area contributed by atoms with Gasteiger partial charge < -0.3 is 10.6 Å². The van der Waals surface area contributed by atoms with Crippen molar-refractivity contribution in [3.63, 3.8) is 0 Å². The Hall–Kier alpha value is -2.37. The minimum absolute atomic E-state index is 0.00811. The van der Waals surface area contributed by atoms with Gasteiger partial charge in [-0.3, -0.25) is 4.79 Å². The Bertz CT molecular complexity index is 588. The summed E-state index contributed by atoms with van der Waals surface area (Å²) < 4.78 is 1.55. The zero-order chi connectivity index (χ0) is 14.7. The summed E-state index contributed by atoms with van der Waals surface area (Å²) in [4.78, 5) is 17.9. The van der Waals surface area contributed by atoms with E-state index in [1.54, 1.807) is 35.1 Å². The quantitative estimate of drug-likeness (QED) is 0.854. The molecule has 0 bridgehead atoms. The lowest BCUT2D eigenvalue weighted by Gasteiger charge is -2.21. The second-order valence-electron chi connectivity index (χ2n) is 4.99. The number of amides is 1. The largest absolute Gasteiger partial charge is 0.399 e. The topological polar surface area (TPSA) is 77.0 Å². The lowest BCUT2D eigenvalue weighted by molar-refractivity contribution is -0.132. The zero-order valence-electron chi connectivity index (χ0n) is 11.9. The van der Waals surface area contributed by atoms with Crippen molar-refractivity contribution in [2.45, 2.75) is 26.4 Å². The molecule has 0 radical (unpaired) electrons. The highest BCUT2D eigenvalue weighted by atomic mass is 16.2. The molecule has 1 aromatic carbocycles. The highest BCUT2D eigenvalue weighted by Crippen LogP contribution is 2.15. The van der Waals surface area contributed by atoms with E-state index in [1.165, 1.54) is 0 Å². The molecule has 6 nitrogen and oxygen atoms in total. The number of nitrogen functional groups attached to an aromatic ring is 1. The summed E-state index contributed by atoms with van der Waals surface area (Å²) in [6, 6.07) is 7.48. The van der Waals surface area contributed by atoms with Gasteiger partial charge in [0.1, 0.15) is 12.9 Å². The Morgan fingerprint density at radius 1 is 1.35 bits per heavy atom. The standard InChI is InChI=1S/C14H19N5O/c1-10(2)18(3)13(20)8-19-9-16-14(17-19)11-4-6-12(15)7-5-11/h4-7,9-10H,8,15H2,1-3H3. The predicted octanol–water partition coefficient (Wildman–Crippen LogP) is 1.39. The SMILES string of the molecule is CC(C)N(C)C(=O)Cn1cnc(-c2ccc(N)cc2)n1. The highest BCUT2D eigenvalue weighted by Gasteiger charge is 2.13. The molecule has 0 atom stereocenters. The Balaban J connectivity index is 2.09. The molecule has 0 aliphatic carbocycles. The summed E-state index contributed by atoms with van der Waals surface area (Å²) in [7, 11) is 1.78. The Labute approximate surface area is 118 Å². The Morgan fingerprint density at radius 2 is 2.00 bits per heavy atom. The number of nitrogens with two attached hydrogens (primary N) is 1. The molecule has 0 saturated heterocycles. The van der Waals surface area contributed by atoms with Gasteiger partial charge in [-0.05, 0) is 38.1 Å². The van der Waals surface area contributed by atoms with E-state index in [4.69, 9.17) is 5.73 Å². The fourth-order valence-electron chi connectivity index (χ4n) is 1.67. The number of rotatable bonds is 4. The zero-order valence-corrected chi connectivity index (χ0v) is 11.9. The van der Waals surface area contributed by atoms with Gasteiger partial charge in [0.15, 0.2) is 5.82 Å². The van der Waals surface area contributed by atoms with E-state index < -0.39 is 0 Å². The van der Waals surface area contributed by atoms with E-state index in [1.807, 2.05) is 26.0 Å². The molecule has 0 unspecified atom stereocenters. The number of carbonyl (C=O) groups excluding carboxylic acids is 1. The minimum atomic E-state index is 0.00811. The van der Waals surface area contributed by atoms with Crippen molar-refractivity contribution in [3.8, 4) is 11.4 Å². The first-order valence-corrected chi connectivity index (χ1v) is 6.48. The summed E-state index contributed by atoms with van der Waals surface area (Å²) in [5.41, 5.74) is 7.21. The van der Waals surface area contributed by atoms with Gasteiger partial charge in [0.2, 0.25) is 5.91 Å². The lowest BCUT2D eigenvalue weighted by Crippen LogP contribution is -2.35. The van der Waals surface area contributed by atoms with Gasteiger partial charge in [-0.15, -0.1) is 0 Å². The molecule has 0 aliphatic rings. The second-order valence-corrected chi connectivity index (χ2v) is 4.99. The van der Waals surface area contributed by atoms with Crippen LogP contribution < -0.4 is 5.73 Å². The number of hydrogen-bond acceptors (Lipinski definition) is 4. The average molecular weight is 273 g/mol. The van der Waals surface area contributed by atoms with Crippen LogP contribution in [-0.4, -0.2) is 38.7 Å². The van der Waals surface area contributed by atoms with E-state index in [9.17, 15) is 4.79 Å². The first kappa shape index (κ1) is 14.0. The van der Waals surface area contributed by atoms with Crippen LogP contribution in [0.4, 0.5) is 5.69 Å². The van der Waals surface area contributed by atoms with Gasteiger partial charge in [-0.1, -0.05) is 0 Å². The van der Waals surface area contributed by atoms with Crippen LogP contribution in [0.3, 0.4) is 0 Å². The molecule has 106 valence electrons. The molecule has 0 fully saturated rings. The average Bonchev–Trinajstić information content (AvgIpc) is 2.87. The molecular formula is C14H19N5O. The van der Waals surface area contributed by atoms with Crippen LogP contribution in [0.15, 0.2) is 30.6 Å². The van der Waals surface area contributed by atoms with Crippen LogP contribution in [0.1, 0.15) is 13.8 Å². The predicted molar refractivity (Wildman–Crippen MR) is 77.8 cm³/mol. The van der Waals surface area contributed by atoms with Crippen molar-refractivity contribution >= 4 is 11.6 Å². The minimum Gasteiger partial charge on any atom is -0.399 e. The van der Waals surface area contributed by atoms with E-state index in [0.717, 1.165) is 5.56 Å². The molecule has 6 heteroatoms. The third kappa shape index (κ3) is 3.14. The molecule has 0 saturated carbocycles. The smallest absolute Gasteiger partial charge is 0.244 e. The summed E-state index contributed by atoms with van der Waals surface area (Å²) >= 11 is 0. The van der Waals surface area contributed by atoms with Crippen LogP contribution in [0.25, 0.3) is 11.4 Å². The van der Waals surface area contributed by atoms with E-state index >= 15 is 0 Å².